The molecule has 2 aromatic carbocycles. The van der Waals surface area contributed by atoms with Gasteiger partial charge in [-0.3, -0.25) is 9.40 Å². The third-order valence-corrected chi connectivity index (χ3v) is 6.39. The predicted octanol–water partition coefficient (Wildman–Crippen LogP) is 3.68. The van der Waals surface area contributed by atoms with Gasteiger partial charge in [-0.05, 0) is 30.2 Å². The lowest BCUT2D eigenvalue weighted by atomic mass is 10.0. The Morgan fingerprint density at radius 1 is 1.19 bits per heavy atom. The maximum absolute atomic E-state index is 14.2. The maximum atomic E-state index is 14.2. The summed E-state index contributed by atoms with van der Waals surface area (Å²) in [5.41, 5.74) is 1.03. The minimum Gasteiger partial charge on any atom is -0.480 e. The molecule has 31 heavy (non-hydrogen) atoms. The van der Waals surface area contributed by atoms with Crippen molar-refractivity contribution < 1.29 is 30.7 Å². The van der Waals surface area contributed by atoms with E-state index < -0.39 is 34.6 Å². The van der Waals surface area contributed by atoms with Crippen molar-refractivity contribution in [1.29, 1.82) is 0 Å². The third-order valence-electron chi connectivity index (χ3n) is 4.89. The van der Waals surface area contributed by atoms with Gasteiger partial charge < -0.3 is 4.74 Å². The van der Waals surface area contributed by atoms with Crippen molar-refractivity contribution in [2.24, 2.45) is 7.05 Å². The van der Waals surface area contributed by atoms with Crippen LogP contribution in [0.15, 0.2) is 36.4 Å². The van der Waals surface area contributed by atoms with Gasteiger partial charge in [0.1, 0.15) is 0 Å². The van der Waals surface area contributed by atoms with Crippen molar-refractivity contribution in [3.8, 4) is 16.9 Å². The van der Waals surface area contributed by atoms with Crippen LogP contribution in [0.5, 0.6) is 5.75 Å². The molecular formula is C19H18F4N4O3S. The van der Waals surface area contributed by atoms with Gasteiger partial charge in [-0.2, -0.15) is 31.0 Å². The Balaban J connectivity index is 1.71. The fraction of sp³-hybridized carbons (Fsp3) is 0.316. The molecule has 0 atom stereocenters. The van der Waals surface area contributed by atoms with Gasteiger partial charge in [0, 0.05) is 31.1 Å². The molecule has 0 amide bonds. The Morgan fingerprint density at radius 2 is 1.94 bits per heavy atom. The highest BCUT2D eigenvalue weighted by Gasteiger charge is 2.30. The molecule has 4 rings (SSSR count). The summed E-state index contributed by atoms with van der Waals surface area (Å²) in [7, 11) is -2.12. The van der Waals surface area contributed by atoms with Crippen molar-refractivity contribution in [2.75, 3.05) is 24.4 Å². The monoisotopic (exact) mass is 458 g/mol. The summed E-state index contributed by atoms with van der Waals surface area (Å²) in [5.74, 6) is -1.31. The number of benzene rings is 2. The van der Waals surface area contributed by atoms with Crippen LogP contribution in [0, 0.1) is 5.82 Å². The highest BCUT2D eigenvalue weighted by molar-refractivity contribution is 7.90. The highest BCUT2D eigenvalue weighted by Crippen LogP contribution is 2.36. The van der Waals surface area contributed by atoms with E-state index in [1.54, 1.807) is 25.2 Å². The number of aryl methyl sites for hydroxylation is 1. The first-order valence-corrected chi connectivity index (χ1v) is 10.7. The van der Waals surface area contributed by atoms with Gasteiger partial charge in [0.05, 0.1) is 5.52 Å². The molecule has 12 heteroatoms. The summed E-state index contributed by atoms with van der Waals surface area (Å²) in [4.78, 5) is 0. The average molecular weight is 458 g/mol. The van der Waals surface area contributed by atoms with E-state index in [2.05, 4.69) is 9.82 Å². The van der Waals surface area contributed by atoms with Crippen LogP contribution in [-0.2, 0) is 17.3 Å². The normalized spacial score (nSPS) is 15.1. The highest BCUT2D eigenvalue weighted by atomic mass is 32.2. The third kappa shape index (κ3) is 4.30. The number of nitrogens with zero attached hydrogens (tertiary/aromatic N) is 3. The zero-order valence-electron chi connectivity index (χ0n) is 16.3. The first-order chi connectivity index (χ1) is 14.5. The smallest absolute Gasteiger partial charge is 0.422 e. The molecule has 0 spiro atoms. The molecule has 2 heterocycles. The summed E-state index contributed by atoms with van der Waals surface area (Å²) in [6.45, 7) is -0.758. The summed E-state index contributed by atoms with van der Waals surface area (Å²) < 4.78 is 86.6. The first-order valence-electron chi connectivity index (χ1n) is 9.28. The molecule has 1 N–H and O–H groups in total. The second-order valence-electron chi connectivity index (χ2n) is 7.08. The molecule has 1 fully saturated rings. The van der Waals surface area contributed by atoms with Crippen LogP contribution < -0.4 is 9.46 Å². The molecule has 1 saturated heterocycles. The fourth-order valence-electron chi connectivity index (χ4n) is 3.25. The topological polar surface area (TPSA) is 76.5 Å². The summed E-state index contributed by atoms with van der Waals surface area (Å²) in [5, 5.41) is 4.70. The van der Waals surface area contributed by atoms with Gasteiger partial charge in [0.25, 0.3) is 0 Å². The number of anilines is 1. The van der Waals surface area contributed by atoms with Gasteiger partial charge in [-0.1, -0.05) is 18.2 Å². The molecule has 0 bridgehead atoms. The van der Waals surface area contributed by atoms with Crippen LogP contribution in [-0.4, -0.2) is 48.4 Å². The fourth-order valence-corrected chi connectivity index (χ4v) is 4.51. The van der Waals surface area contributed by atoms with Crippen molar-refractivity contribution in [2.45, 2.75) is 12.6 Å². The zero-order chi connectivity index (χ0) is 22.4. The van der Waals surface area contributed by atoms with Gasteiger partial charge in [0.2, 0.25) is 0 Å². The van der Waals surface area contributed by atoms with E-state index in [1.807, 2.05) is 0 Å². The minimum absolute atomic E-state index is 0.128. The van der Waals surface area contributed by atoms with Gasteiger partial charge >= 0.3 is 16.4 Å². The van der Waals surface area contributed by atoms with Gasteiger partial charge in [-0.25, -0.2) is 4.39 Å². The molecule has 7 nitrogen and oxygen atoms in total. The number of nitrogens with one attached hydrogen (secondary N) is 1. The number of para-hydroxylation sites is 1. The molecule has 0 aliphatic carbocycles. The van der Waals surface area contributed by atoms with E-state index in [9.17, 15) is 26.0 Å². The molecule has 1 aliphatic rings. The number of hydrogen-bond donors (Lipinski definition) is 1. The Kier molecular flexibility index (Phi) is 5.30. The van der Waals surface area contributed by atoms with E-state index in [-0.39, 0.29) is 11.4 Å². The first kappa shape index (κ1) is 21.4. The molecule has 1 aromatic heterocycles. The molecule has 166 valence electrons. The largest absolute Gasteiger partial charge is 0.480 e. The number of ether oxygens (including phenoxy) is 1. The van der Waals surface area contributed by atoms with Crippen LogP contribution in [0.2, 0.25) is 0 Å². The van der Waals surface area contributed by atoms with Crippen LogP contribution in [0.1, 0.15) is 6.42 Å². The summed E-state index contributed by atoms with van der Waals surface area (Å²) >= 11 is 0. The lowest BCUT2D eigenvalue weighted by Crippen LogP contribution is -2.45. The average Bonchev–Trinajstić information content (AvgIpc) is 2.92. The molecule has 1 aliphatic heterocycles. The Labute approximate surface area is 175 Å². The van der Waals surface area contributed by atoms with Gasteiger partial charge in [-0.15, -0.1) is 0 Å². The summed E-state index contributed by atoms with van der Waals surface area (Å²) in [6.07, 6.45) is -3.83. The Morgan fingerprint density at radius 3 is 2.58 bits per heavy atom. The van der Waals surface area contributed by atoms with Crippen LogP contribution in [0.25, 0.3) is 22.0 Å². The molecule has 3 aromatic rings. The van der Waals surface area contributed by atoms with E-state index >= 15 is 0 Å². The number of alkyl halides is 3. The van der Waals surface area contributed by atoms with E-state index in [0.29, 0.717) is 29.6 Å². The van der Waals surface area contributed by atoms with Crippen molar-refractivity contribution in [1.82, 2.24) is 14.1 Å². The van der Waals surface area contributed by atoms with E-state index in [4.69, 9.17) is 4.74 Å². The van der Waals surface area contributed by atoms with Crippen molar-refractivity contribution in [3.63, 3.8) is 0 Å². The van der Waals surface area contributed by atoms with E-state index in [0.717, 1.165) is 12.5 Å². The Hall–Kier alpha value is -2.86. The van der Waals surface area contributed by atoms with Gasteiger partial charge in [0.15, 0.2) is 24.0 Å². The quantitative estimate of drug-likeness (QED) is 0.572. The molecular weight excluding hydrogens is 440 g/mol. The SMILES string of the molecule is Cn1nc(NS(=O)(=O)N2CCC2)c2ccc(-c3cccc(F)c3OCC(F)(F)F)cc21. The van der Waals surface area contributed by atoms with Crippen molar-refractivity contribution >= 4 is 26.9 Å². The molecule has 0 unspecified atom stereocenters. The van der Waals surface area contributed by atoms with E-state index in [1.165, 1.54) is 21.1 Å². The van der Waals surface area contributed by atoms with Crippen LogP contribution in [0.4, 0.5) is 23.4 Å². The lowest BCUT2D eigenvalue weighted by molar-refractivity contribution is -0.153. The van der Waals surface area contributed by atoms with Crippen molar-refractivity contribution in [3.05, 3.63) is 42.2 Å². The molecule has 0 saturated carbocycles. The lowest BCUT2D eigenvalue weighted by Gasteiger charge is -2.29. The van der Waals surface area contributed by atoms with Crippen LogP contribution >= 0.6 is 0 Å². The second kappa shape index (κ2) is 7.68. The van der Waals surface area contributed by atoms with Crippen LogP contribution in [0.3, 0.4) is 0 Å². The summed E-state index contributed by atoms with van der Waals surface area (Å²) in [6, 6.07) is 8.52. The minimum atomic E-state index is -4.62. The number of aromatic nitrogens is 2. The number of halogens is 4. The predicted molar refractivity (Wildman–Crippen MR) is 106 cm³/mol. The Bertz CT molecular complexity index is 1240. The standard InChI is InChI=1S/C19H18F4N4O3S/c1-26-16-10-12(13-4-2-5-15(20)17(13)30-11-19(21,22)23)6-7-14(16)18(24-26)25-31(28,29)27-8-3-9-27/h2,4-7,10H,3,8-9,11H2,1H3,(H,24,25). The maximum Gasteiger partial charge on any atom is 0.422 e. The number of rotatable bonds is 6. The number of hydrogen-bond acceptors (Lipinski definition) is 4. The molecule has 0 radical (unpaired) electrons. The number of fused-ring (bicyclic) bond motifs is 1. The zero-order valence-corrected chi connectivity index (χ0v) is 17.1. The second-order valence-corrected chi connectivity index (χ2v) is 8.75.